The van der Waals surface area contributed by atoms with Crippen LogP contribution in [0.4, 0.5) is 5.00 Å². The maximum atomic E-state index is 12.0. The normalized spacial score (nSPS) is 10.3. The first kappa shape index (κ1) is 17.6. The molecule has 0 aliphatic rings. The summed E-state index contributed by atoms with van der Waals surface area (Å²) in [5.41, 5.74) is 0.420. The first-order chi connectivity index (χ1) is 11.2. The van der Waals surface area contributed by atoms with Crippen LogP contribution in [0.3, 0.4) is 0 Å². The largest absolute Gasteiger partial charge is 0.462 e. The summed E-state index contributed by atoms with van der Waals surface area (Å²) in [6.07, 6.45) is 1.21. The van der Waals surface area contributed by atoms with Crippen molar-refractivity contribution in [3.05, 3.63) is 47.3 Å². The van der Waals surface area contributed by atoms with Gasteiger partial charge in [0, 0.05) is 11.3 Å². The summed E-state index contributed by atoms with van der Waals surface area (Å²) < 4.78 is 4.97. The van der Waals surface area contributed by atoms with Crippen molar-refractivity contribution in [2.75, 3.05) is 17.7 Å². The molecule has 1 heterocycles. The van der Waals surface area contributed by atoms with Crippen LogP contribution in [-0.2, 0) is 9.53 Å². The molecular formula is C17H19NO3S2. The average Bonchev–Trinajstić information content (AvgIpc) is 3.01. The van der Waals surface area contributed by atoms with E-state index in [1.165, 1.54) is 16.2 Å². The number of anilines is 1. The van der Waals surface area contributed by atoms with Gasteiger partial charge in [-0.25, -0.2) is 4.79 Å². The monoisotopic (exact) mass is 349 g/mol. The van der Waals surface area contributed by atoms with Gasteiger partial charge in [0.25, 0.3) is 0 Å². The summed E-state index contributed by atoms with van der Waals surface area (Å²) in [5.74, 6) is 0.405. The van der Waals surface area contributed by atoms with Crippen LogP contribution >= 0.6 is 23.1 Å². The molecule has 0 saturated heterocycles. The third-order valence-electron chi connectivity index (χ3n) is 2.97. The Labute approximate surface area is 144 Å². The summed E-state index contributed by atoms with van der Waals surface area (Å²) in [5, 5.41) is 5.13. The number of benzene rings is 1. The number of carbonyl (C=O) groups excluding carboxylic acids is 2. The lowest BCUT2D eigenvalue weighted by Crippen LogP contribution is -2.14. The number of nitrogens with one attached hydrogen (secondary N) is 1. The fraction of sp³-hybridized carbons (Fsp3) is 0.294. The average molecular weight is 349 g/mol. The van der Waals surface area contributed by atoms with Crippen LogP contribution in [0.2, 0.25) is 0 Å². The highest BCUT2D eigenvalue weighted by Gasteiger charge is 2.15. The van der Waals surface area contributed by atoms with E-state index in [2.05, 4.69) is 17.4 Å². The molecule has 1 aromatic carbocycles. The molecule has 0 aliphatic carbocycles. The topological polar surface area (TPSA) is 55.4 Å². The number of thioether (sulfide) groups is 1. The number of rotatable bonds is 8. The van der Waals surface area contributed by atoms with Gasteiger partial charge in [0.05, 0.1) is 12.2 Å². The summed E-state index contributed by atoms with van der Waals surface area (Å²) in [6, 6.07) is 11.8. The van der Waals surface area contributed by atoms with Crippen LogP contribution in [0.1, 0.15) is 30.1 Å². The highest BCUT2D eigenvalue weighted by molar-refractivity contribution is 7.99. The van der Waals surface area contributed by atoms with Gasteiger partial charge in [-0.2, -0.15) is 0 Å². The van der Waals surface area contributed by atoms with E-state index in [4.69, 9.17) is 4.74 Å². The van der Waals surface area contributed by atoms with E-state index in [0.29, 0.717) is 23.6 Å². The molecule has 4 nitrogen and oxygen atoms in total. The van der Waals surface area contributed by atoms with Crippen LogP contribution in [0.15, 0.2) is 46.7 Å². The van der Waals surface area contributed by atoms with Crippen molar-refractivity contribution in [1.82, 2.24) is 0 Å². The molecule has 0 fully saturated rings. The number of thiophene rings is 1. The molecule has 2 aromatic rings. The molecule has 0 atom stereocenters. The number of hydrogen-bond acceptors (Lipinski definition) is 5. The van der Waals surface area contributed by atoms with E-state index in [1.54, 1.807) is 30.1 Å². The Kier molecular flexibility index (Phi) is 7.16. The summed E-state index contributed by atoms with van der Waals surface area (Å²) in [7, 11) is 0. The molecule has 1 aromatic heterocycles. The maximum absolute atomic E-state index is 12.0. The van der Waals surface area contributed by atoms with Crippen molar-refractivity contribution < 1.29 is 14.3 Å². The van der Waals surface area contributed by atoms with E-state index in [9.17, 15) is 9.59 Å². The number of carbonyl (C=O) groups is 2. The van der Waals surface area contributed by atoms with Gasteiger partial charge < -0.3 is 10.1 Å². The van der Waals surface area contributed by atoms with Crippen LogP contribution in [0.5, 0.6) is 0 Å². The Morgan fingerprint density at radius 1 is 1.22 bits per heavy atom. The summed E-state index contributed by atoms with van der Waals surface area (Å²) in [6.45, 7) is 2.08. The van der Waals surface area contributed by atoms with E-state index in [-0.39, 0.29) is 5.91 Å². The van der Waals surface area contributed by atoms with Crippen molar-refractivity contribution >= 4 is 40.0 Å². The minimum absolute atomic E-state index is 0.0772. The zero-order chi connectivity index (χ0) is 16.5. The minimum Gasteiger partial charge on any atom is -0.462 e. The molecule has 122 valence electrons. The third kappa shape index (κ3) is 5.73. The molecular weight excluding hydrogens is 330 g/mol. The highest BCUT2D eigenvalue weighted by Crippen LogP contribution is 2.24. The molecule has 0 bridgehead atoms. The van der Waals surface area contributed by atoms with E-state index >= 15 is 0 Å². The molecule has 0 aliphatic heterocycles. The van der Waals surface area contributed by atoms with Crippen molar-refractivity contribution in [2.45, 2.75) is 24.7 Å². The molecule has 0 saturated carbocycles. The Balaban J connectivity index is 1.75. The SMILES string of the molecule is CCOC(=O)c1ccsc1NC(=O)CCCSc1ccccc1. The van der Waals surface area contributed by atoms with Crippen LogP contribution in [0, 0.1) is 0 Å². The predicted molar refractivity (Wildman–Crippen MR) is 95.3 cm³/mol. The van der Waals surface area contributed by atoms with Crippen LogP contribution < -0.4 is 5.32 Å². The predicted octanol–water partition coefficient (Wildman–Crippen LogP) is 4.44. The fourth-order valence-electron chi connectivity index (χ4n) is 1.90. The fourth-order valence-corrected chi connectivity index (χ4v) is 3.57. The van der Waals surface area contributed by atoms with Crippen LogP contribution in [0.25, 0.3) is 0 Å². The lowest BCUT2D eigenvalue weighted by molar-refractivity contribution is -0.116. The Bertz CT molecular complexity index is 640. The van der Waals surface area contributed by atoms with Crippen molar-refractivity contribution in [2.24, 2.45) is 0 Å². The second-order valence-corrected chi connectivity index (χ2v) is 6.78. The smallest absolute Gasteiger partial charge is 0.341 e. The lowest BCUT2D eigenvalue weighted by atomic mass is 10.3. The van der Waals surface area contributed by atoms with Gasteiger partial charge in [-0.1, -0.05) is 18.2 Å². The number of amides is 1. The molecule has 23 heavy (non-hydrogen) atoms. The molecule has 1 N–H and O–H groups in total. The Hall–Kier alpha value is -1.79. The molecule has 2 rings (SSSR count). The zero-order valence-electron chi connectivity index (χ0n) is 12.9. The Morgan fingerprint density at radius 2 is 2.00 bits per heavy atom. The first-order valence-electron chi connectivity index (χ1n) is 7.43. The number of hydrogen-bond donors (Lipinski definition) is 1. The molecule has 6 heteroatoms. The van der Waals surface area contributed by atoms with Gasteiger partial charge in [0.1, 0.15) is 5.00 Å². The summed E-state index contributed by atoms with van der Waals surface area (Å²) in [4.78, 5) is 24.9. The molecule has 0 unspecified atom stereocenters. The van der Waals surface area contributed by atoms with Crippen molar-refractivity contribution in [3.8, 4) is 0 Å². The van der Waals surface area contributed by atoms with Gasteiger partial charge in [-0.15, -0.1) is 23.1 Å². The second kappa shape index (κ2) is 9.37. The first-order valence-corrected chi connectivity index (χ1v) is 9.29. The number of ether oxygens (including phenoxy) is 1. The molecule has 1 amide bonds. The van der Waals surface area contributed by atoms with E-state index < -0.39 is 5.97 Å². The van der Waals surface area contributed by atoms with Gasteiger partial charge in [0.15, 0.2) is 0 Å². The van der Waals surface area contributed by atoms with E-state index in [1.807, 2.05) is 18.2 Å². The standard InChI is InChI=1S/C17H19NO3S2/c1-2-21-17(20)14-10-12-23-16(14)18-15(19)9-6-11-22-13-7-4-3-5-8-13/h3-5,7-8,10,12H,2,6,9,11H2,1H3,(H,18,19). The maximum Gasteiger partial charge on any atom is 0.341 e. The molecule has 0 spiro atoms. The quantitative estimate of drug-likeness (QED) is 0.435. The van der Waals surface area contributed by atoms with Crippen molar-refractivity contribution in [3.63, 3.8) is 0 Å². The van der Waals surface area contributed by atoms with E-state index in [0.717, 1.165) is 12.2 Å². The zero-order valence-corrected chi connectivity index (χ0v) is 14.5. The highest BCUT2D eigenvalue weighted by atomic mass is 32.2. The lowest BCUT2D eigenvalue weighted by Gasteiger charge is -2.06. The van der Waals surface area contributed by atoms with Gasteiger partial charge in [0.2, 0.25) is 5.91 Å². The number of esters is 1. The van der Waals surface area contributed by atoms with Gasteiger partial charge >= 0.3 is 5.97 Å². The second-order valence-electron chi connectivity index (χ2n) is 4.70. The minimum atomic E-state index is -0.399. The van der Waals surface area contributed by atoms with Gasteiger partial charge in [-0.05, 0) is 42.7 Å². The summed E-state index contributed by atoms with van der Waals surface area (Å²) >= 11 is 3.06. The van der Waals surface area contributed by atoms with Crippen LogP contribution in [-0.4, -0.2) is 24.2 Å². The molecule has 0 radical (unpaired) electrons. The third-order valence-corrected chi connectivity index (χ3v) is 4.90. The Morgan fingerprint density at radius 3 is 2.74 bits per heavy atom. The van der Waals surface area contributed by atoms with Crippen molar-refractivity contribution in [1.29, 1.82) is 0 Å². The van der Waals surface area contributed by atoms with Gasteiger partial charge in [-0.3, -0.25) is 4.79 Å².